The van der Waals surface area contributed by atoms with E-state index >= 15 is 0 Å². The lowest BCUT2D eigenvalue weighted by Gasteiger charge is -2.18. The van der Waals surface area contributed by atoms with E-state index in [0.29, 0.717) is 11.5 Å². The van der Waals surface area contributed by atoms with Crippen molar-refractivity contribution >= 4 is 41.5 Å². The van der Waals surface area contributed by atoms with Crippen LogP contribution in [0.3, 0.4) is 0 Å². The Bertz CT molecular complexity index is 1330. The molecule has 0 aliphatic rings. The Kier molecular flexibility index (Phi) is 7.85. The third kappa shape index (κ3) is 6.10. The molecule has 0 unspecified atom stereocenters. The van der Waals surface area contributed by atoms with Crippen molar-refractivity contribution in [3.8, 4) is 5.75 Å². The quantitative estimate of drug-likeness (QED) is 0.220. The van der Waals surface area contributed by atoms with E-state index in [1.807, 2.05) is 5.48 Å². The Morgan fingerprint density at radius 1 is 1.06 bits per heavy atom. The molecule has 192 valence electrons. The zero-order valence-electron chi connectivity index (χ0n) is 19.5. The maximum absolute atomic E-state index is 14.5. The highest BCUT2D eigenvalue weighted by Crippen LogP contribution is 2.40. The van der Waals surface area contributed by atoms with E-state index < -0.39 is 42.0 Å². The highest BCUT2D eigenvalue weighted by Gasteiger charge is 2.36. The molecular formula is C22H22F4N5O4P. The van der Waals surface area contributed by atoms with E-state index in [4.69, 9.17) is 4.74 Å². The molecule has 0 saturated carbocycles. The zero-order chi connectivity index (χ0) is 26.7. The fraction of sp³-hybridized carbons (Fsp3) is 0.227. The highest BCUT2D eigenvalue weighted by molar-refractivity contribution is 7.70. The van der Waals surface area contributed by atoms with Gasteiger partial charge in [0.1, 0.15) is 30.1 Å². The third-order valence-electron chi connectivity index (χ3n) is 4.81. The fourth-order valence-corrected chi connectivity index (χ4v) is 4.34. The molecule has 1 aromatic heterocycles. The van der Waals surface area contributed by atoms with E-state index in [-0.39, 0.29) is 23.1 Å². The van der Waals surface area contributed by atoms with Crippen molar-refractivity contribution in [2.24, 2.45) is 0 Å². The number of carbonyl (C=O) groups is 1. The summed E-state index contributed by atoms with van der Waals surface area (Å²) in [5, 5.41) is 5.54. The Morgan fingerprint density at radius 3 is 2.36 bits per heavy atom. The van der Waals surface area contributed by atoms with Gasteiger partial charge in [-0.25, -0.2) is 14.9 Å². The molecule has 14 heteroatoms. The number of hydrogen-bond acceptors (Lipinski definition) is 8. The number of alkyl halides is 3. The molecule has 0 saturated heterocycles. The second-order valence-corrected chi connectivity index (χ2v) is 10.9. The number of anilines is 4. The molecular weight excluding hydrogens is 505 g/mol. The molecule has 1 heterocycles. The average Bonchev–Trinajstić information content (AvgIpc) is 2.78. The average molecular weight is 527 g/mol. The number of amides is 1. The van der Waals surface area contributed by atoms with Gasteiger partial charge in [-0.3, -0.25) is 9.63 Å². The van der Waals surface area contributed by atoms with E-state index in [1.54, 1.807) is 18.2 Å². The number of rotatable bonds is 8. The van der Waals surface area contributed by atoms with Gasteiger partial charge in [-0.05, 0) is 31.5 Å². The Balaban J connectivity index is 2.04. The molecule has 0 aliphatic carbocycles. The topological polar surface area (TPSA) is 114 Å². The van der Waals surface area contributed by atoms with Crippen LogP contribution in [0.25, 0.3) is 0 Å². The van der Waals surface area contributed by atoms with Crippen molar-refractivity contribution in [3.05, 3.63) is 59.5 Å². The number of hydrogen-bond donors (Lipinski definition) is 3. The first kappa shape index (κ1) is 26.9. The molecule has 9 nitrogen and oxygen atoms in total. The van der Waals surface area contributed by atoms with Crippen molar-refractivity contribution in [2.45, 2.75) is 6.18 Å². The van der Waals surface area contributed by atoms with Crippen molar-refractivity contribution in [2.75, 3.05) is 38.2 Å². The van der Waals surface area contributed by atoms with Gasteiger partial charge < -0.3 is 19.9 Å². The second kappa shape index (κ2) is 10.5. The number of benzene rings is 2. The van der Waals surface area contributed by atoms with E-state index in [1.165, 1.54) is 33.6 Å². The maximum Gasteiger partial charge on any atom is 0.421 e. The van der Waals surface area contributed by atoms with Crippen molar-refractivity contribution < 1.29 is 36.5 Å². The van der Waals surface area contributed by atoms with Crippen LogP contribution in [0.2, 0.25) is 0 Å². The predicted molar refractivity (Wildman–Crippen MR) is 127 cm³/mol. The van der Waals surface area contributed by atoms with Crippen LogP contribution in [-0.2, 0) is 15.6 Å². The Labute approximate surface area is 203 Å². The van der Waals surface area contributed by atoms with Gasteiger partial charge in [0.05, 0.1) is 31.2 Å². The van der Waals surface area contributed by atoms with Gasteiger partial charge in [0.15, 0.2) is 0 Å². The standard InChI is InChI=1S/C22H22F4N5O4P/c1-34-17-9-12(20(32)31-35-2)14(23)10-16(17)29-21-27-11-13(22(24,25)26)19(30-21)28-15-7-5-6-8-18(15)36(3,4)33/h5-11H,1-4H3,(H,31,32)(H2,27,28,29,30). The van der Waals surface area contributed by atoms with Crippen LogP contribution in [0.1, 0.15) is 15.9 Å². The van der Waals surface area contributed by atoms with E-state index in [2.05, 4.69) is 25.4 Å². The summed E-state index contributed by atoms with van der Waals surface area (Å²) in [6.45, 7) is 2.98. The monoisotopic (exact) mass is 527 g/mol. The predicted octanol–water partition coefficient (Wildman–Crippen LogP) is 4.67. The summed E-state index contributed by atoms with van der Waals surface area (Å²) in [4.78, 5) is 24.0. The lowest BCUT2D eigenvalue weighted by Crippen LogP contribution is -2.23. The molecule has 3 N–H and O–H groups in total. The summed E-state index contributed by atoms with van der Waals surface area (Å²) in [5.41, 5.74) is 0.535. The molecule has 0 bridgehead atoms. The number of nitrogens with zero attached hydrogens (tertiary/aromatic N) is 2. The molecule has 3 aromatic rings. The van der Waals surface area contributed by atoms with Crippen LogP contribution in [0.4, 0.5) is 40.7 Å². The van der Waals surface area contributed by atoms with Crippen LogP contribution in [-0.4, -0.2) is 43.4 Å². The number of aromatic nitrogens is 2. The molecule has 36 heavy (non-hydrogen) atoms. The Hall–Kier alpha value is -3.70. The SMILES string of the molecule is CONC(=O)c1cc(OC)c(Nc2ncc(C(F)(F)F)c(Nc3ccccc3P(C)(C)=O)n2)cc1F. The molecule has 0 aliphatic heterocycles. The molecule has 0 atom stereocenters. The number of hydroxylamine groups is 1. The summed E-state index contributed by atoms with van der Waals surface area (Å²) in [7, 11) is -0.425. The summed E-state index contributed by atoms with van der Waals surface area (Å²) < 4.78 is 73.4. The minimum Gasteiger partial charge on any atom is -0.495 e. The van der Waals surface area contributed by atoms with Crippen LogP contribution < -0.4 is 26.2 Å². The number of ether oxygens (including phenoxy) is 1. The van der Waals surface area contributed by atoms with Crippen molar-refractivity contribution in [1.82, 2.24) is 15.4 Å². The minimum absolute atomic E-state index is 0.0149. The first-order chi connectivity index (χ1) is 16.8. The largest absolute Gasteiger partial charge is 0.495 e. The lowest BCUT2D eigenvalue weighted by atomic mass is 10.1. The lowest BCUT2D eigenvalue weighted by molar-refractivity contribution is -0.137. The number of nitrogens with one attached hydrogen (secondary N) is 3. The van der Waals surface area contributed by atoms with Crippen molar-refractivity contribution in [1.29, 1.82) is 0 Å². The zero-order valence-corrected chi connectivity index (χ0v) is 20.4. The van der Waals surface area contributed by atoms with Gasteiger partial charge in [0.2, 0.25) is 5.95 Å². The van der Waals surface area contributed by atoms with Gasteiger partial charge in [-0.1, -0.05) is 12.1 Å². The Morgan fingerprint density at radius 2 is 1.75 bits per heavy atom. The summed E-state index contributed by atoms with van der Waals surface area (Å²) in [6.07, 6.45) is -4.25. The van der Waals surface area contributed by atoms with Gasteiger partial charge in [-0.2, -0.15) is 18.2 Å². The molecule has 3 rings (SSSR count). The fourth-order valence-electron chi connectivity index (χ4n) is 3.18. The molecule has 2 aromatic carbocycles. The smallest absolute Gasteiger partial charge is 0.421 e. The first-order valence-electron chi connectivity index (χ1n) is 10.2. The number of halogens is 4. The third-order valence-corrected chi connectivity index (χ3v) is 6.36. The van der Waals surface area contributed by atoms with Crippen LogP contribution in [0.5, 0.6) is 5.75 Å². The van der Waals surface area contributed by atoms with E-state index in [0.717, 1.165) is 12.1 Å². The second-order valence-electron chi connectivity index (χ2n) is 7.74. The minimum atomic E-state index is -4.81. The first-order valence-corrected chi connectivity index (χ1v) is 12.8. The van der Waals surface area contributed by atoms with Crippen LogP contribution >= 0.6 is 7.14 Å². The number of para-hydroxylation sites is 1. The van der Waals surface area contributed by atoms with Crippen molar-refractivity contribution in [3.63, 3.8) is 0 Å². The van der Waals surface area contributed by atoms with Crippen LogP contribution in [0.15, 0.2) is 42.6 Å². The number of carbonyl (C=O) groups excluding carboxylic acids is 1. The van der Waals surface area contributed by atoms with Gasteiger partial charge in [-0.15, -0.1) is 0 Å². The van der Waals surface area contributed by atoms with Gasteiger partial charge in [0, 0.05) is 17.6 Å². The summed E-state index contributed by atoms with van der Waals surface area (Å²) in [6, 6.07) is 8.19. The normalized spacial score (nSPS) is 11.7. The van der Waals surface area contributed by atoms with Gasteiger partial charge >= 0.3 is 6.18 Å². The molecule has 0 spiro atoms. The van der Waals surface area contributed by atoms with Crippen LogP contribution in [0, 0.1) is 5.82 Å². The summed E-state index contributed by atoms with van der Waals surface area (Å²) >= 11 is 0. The maximum atomic E-state index is 14.5. The number of methoxy groups -OCH3 is 1. The van der Waals surface area contributed by atoms with Gasteiger partial charge in [0.25, 0.3) is 5.91 Å². The van der Waals surface area contributed by atoms with E-state index in [9.17, 15) is 26.9 Å². The highest BCUT2D eigenvalue weighted by atomic mass is 31.2. The molecule has 0 fully saturated rings. The summed E-state index contributed by atoms with van der Waals surface area (Å²) in [5.74, 6) is -2.80. The molecule has 0 radical (unpaired) electrons. The molecule has 1 amide bonds.